The average Bonchev–Trinajstić information content (AvgIpc) is 3.55. The molecule has 2 heterocycles. The van der Waals surface area contributed by atoms with E-state index in [1.54, 1.807) is 25.1 Å². The van der Waals surface area contributed by atoms with Crippen molar-refractivity contribution in [3.05, 3.63) is 59.7 Å². The summed E-state index contributed by atoms with van der Waals surface area (Å²) in [5.74, 6) is 0.0277. The number of nitrogens with zero attached hydrogens (tertiary/aromatic N) is 5. The number of methoxy groups -OCH3 is 2. The average molecular weight is 619 g/mol. The van der Waals surface area contributed by atoms with Crippen molar-refractivity contribution in [1.82, 2.24) is 20.0 Å². The molecule has 14 nitrogen and oxygen atoms in total. The molecule has 0 aliphatic heterocycles. The van der Waals surface area contributed by atoms with Crippen molar-refractivity contribution >= 4 is 41.8 Å². The van der Waals surface area contributed by atoms with Crippen molar-refractivity contribution < 1.29 is 45.3 Å². The van der Waals surface area contributed by atoms with Gasteiger partial charge >= 0.3 is 5.13 Å². The molecule has 0 bridgehead atoms. The molecule has 2 aromatic heterocycles. The van der Waals surface area contributed by atoms with Crippen molar-refractivity contribution in [3.8, 4) is 33.7 Å². The summed E-state index contributed by atoms with van der Waals surface area (Å²) in [4.78, 5) is 5.60. The smallest absolute Gasteiger partial charge is 0.365 e. The van der Waals surface area contributed by atoms with Crippen molar-refractivity contribution in [3.63, 3.8) is 0 Å². The molecule has 0 saturated heterocycles. The largest absolute Gasteiger partial charge is 0.744 e. The molecule has 0 radical (unpaired) electrons. The normalized spacial score (nSPS) is 12.1. The summed E-state index contributed by atoms with van der Waals surface area (Å²) in [5.41, 5.74) is 1.39. The van der Waals surface area contributed by atoms with Crippen LogP contribution in [-0.4, -0.2) is 65.2 Å². The van der Waals surface area contributed by atoms with Crippen LogP contribution in [0.15, 0.2) is 58.3 Å². The van der Waals surface area contributed by atoms with E-state index in [0.717, 1.165) is 27.0 Å². The lowest BCUT2D eigenvalue weighted by Gasteiger charge is -2.12. The zero-order valence-corrected chi connectivity index (χ0v) is 23.9. The lowest BCUT2D eigenvalue weighted by atomic mass is 10.1. The number of rotatable bonds is 8. The second-order valence-electron chi connectivity index (χ2n) is 8.63. The molecule has 214 valence electrons. The maximum Gasteiger partial charge on any atom is 0.365 e. The number of hydrogen-bond donors (Lipinski definition) is 1. The maximum absolute atomic E-state index is 12.1. The van der Waals surface area contributed by atoms with Crippen LogP contribution in [0.1, 0.15) is 11.1 Å². The lowest BCUT2D eigenvalue weighted by molar-refractivity contribution is -0.734. The van der Waals surface area contributed by atoms with Gasteiger partial charge in [0.1, 0.15) is 37.4 Å². The fraction of sp³-hybridized carbons (Fsp3) is 0.167. The quantitative estimate of drug-likeness (QED) is 0.194. The predicted octanol–water partition coefficient (Wildman–Crippen LogP) is 1.45. The van der Waals surface area contributed by atoms with Gasteiger partial charge in [-0.3, -0.25) is 0 Å². The van der Waals surface area contributed by atoms with E-state index < -0.39 is 30.0 Å². The van der Waals surface area contributed by atoms with Crippen LogP contribution >= 0.6 is 11.3 Å². The Morgan fingerprint density at radius 2 is 1.66 bits per heavy atom. The highest BCUT2D eigenvalue weighted by Gasteiger charge is 2.28. The molecule has 5 aromatic rings. The number of ether oxygens (including phenoxy) is 2. The first-order chi connectivity index (χ1) is 19.3. The molecule has 0 aliphatic rings. The number of aryl methyl sites for hydroxylation is 1. The molecule has 0 spiro atoms. The highest BCUT2D eigenvalue weighted by Crippen LogP contribution is 2.32. The molecule has 5 rings (SSSR count). The Bertz CT molecular complexity index is 2000. The molecule has 0 aliphatic carbocycles. The molecule has 0 atom stereocenters. The van der Waals surface area contributed by atoms with E-state index in [9.17, 15) is 31.0 Å². The van der Waals surface area contributed by atoms with Gasteiger partial charge in [0.15, 0.2) is 5.52 Å². The van der Waals surface area contributed by atoms with E-state index in [4.69, 9.17) is 9.47 Å². The van der Waals surface area contributed by atoms with Crippen molar-refractivity contribution in [2.75, 3.05) is 14.2 Å². The van der Waals surface area contributed by atoms with Crippen LogP contribution in [0.3, 0.4) is 0 Å². The van der Waals surface area contributed by atoms with Gasteiger partial charge in [-0.1, -0.05) is 22.4 Å². The first-order valence-electron chi connectivity index (χ1n) is 11.5. The predicted molar refractivity (Wildman–Crippen MR) is 141 cm³/mol. The number of thiazole rings is 1. The maximum atomic E-state index is 12.1. The van der Waals surface area contributed by atoms with Gasteiger partial charge in [-0.15, -0.1) is 0 Å². The molecule has 0 unspecified atom stereocenters. The number of hydrogen-bond acceptors (Lipinski definition) is 13. The van der Waals surface area contributed by atoms with E-state index in [2.05, 4.69) is 15.2 Å². The van der Waals surface area contributed by atoms with Gasteiger partial charge in [-0.05, 0) is 63.6 Å². The van der Waals surface area contributed by atoms with Crippen molar-refractivity contribution in [2.24, 2.45) is 0 Å². The summed E-state index contributed by atoms with van der Waals surface area (Å²) < 4.78 is 83.2. The second-order valence-corrected chi connectivity index (χ2v) is 12.3. The summed E-state index contributed by atoms with van der Waals surface area (Å²) in [7, 11) is -7.27. The van der Waals surface area contributed by atoms with Crippen molar-refractivity contribution in [2.45, 2.75) is 23.3 Å². The zero-order chi connectivity index (χ0) is 29.7. The Balaban J connectivity index is 1.81. The summed E-state index contributed by atoms with van der Waals surface area (Å²) >= 11 is 1.13. The molecular formula is C24H20N5O9S3-. The fourth-order valence-corrected chi connectivity index (χ4v) is 6.41. The van der Waals surface area contributed by atoms with Crippen molar-refractivity contribution in [1.29, 1.82) is 0 Å². The van der Waals surface area contributed by atoms with E-state index in [1.807, 2.05) is 0 Å². The third-order valence-electron chi connectivity index (χ3n) is 5.97. The Morgan fingerprint density at radius 3 is 2.29 bits per heavy atom. The van der Waals surface area contributed by atoms with E-state index in [0.29, 0.717) is 27.1 Å². The number of aliphatic hydroxyl groups excluding tert-OH is 1. The van der Waals surface area contributed by atoms with Gasteiger partial charge in [0.05, 0.1) is 40.9 Å². The standard InChI is InChI=1S/C24H21N5O9S3/c1-13-4-6-16(21(8-13)40(31,32)33)23-26-28(15-5-7-18(37-2)22(10-15)41(34,35)36)29(27-23)24-25-17-9-14(12-30)19(38-3)11-20(17)39-24/h4-11,30H,12H2,1-3H3,(H-,31,32,33,34,35,36)/p-1. The molecule has 1 N–H and O–H groups in total. The van der Waals surface area contributed by atoms with Crippen LogP contribution in [0.25, 0.3) is 32.4 Å². The van der Waals surface area contributed by atoms with Gasteiger partial charge in [-0.25, -0.2) is 16.8 Å². The monoisotopic (exact) mass is 618 g/mol. The Hall–Kier alpha value is -4.00. The third kappa shape index (κ3) is 5.37. The van der Waals surface area contributed by atoms with E-state index in [1.165, 1.54) is 38.5 Å². The number of aliphatic hydroxyl groups is 1. The number of benzene rings is 3. The summed E-state index contributed by atoms with van der Waals surface area (Å²) in [5, 5.41) is 18.7. The molecule has 0 amide bonds. The Labute approximate surface area is 237 Å². The lowest BCUT2D eigenvalue weighted by Crippen LogP contribution is -2.43. The number of aromatic nitrogens is 5. The highest BCUT2D eigenvalue weighted by molar-refractivity contribution is 7.86. The van der Waals surface area contributed by atoms with Crippen LogP contribution in [-0.2, 0) is 26.8 Å². The van der Waals surface area contributed by atoms with Crippen LogP contribution in [0, 0.1) is 6.92 Å². The molecule has 17 heteroatoms. The van der Waals surface area contributed by atoms with Gasteiger partial charge in [0, 0.05) is 16.7 Å². The zero-order valence-electron chi connectivity index (χ0n) is 21.5. The molecular weight excluding hydrogens is 598 g/mol. The molecule has 0 fully saturated rings. The first-order valence-corrected chi connectivity index (χ1v) is 15.2. The van der Waals surface area contributed by atoms with Gasteiger partial charge < -0.3 is 23.7 Å². The van der Waals surface area contributed by atoms with Crippen LogP contribution in [0.2, 0.25) is 0 Å². The topological polar surface area (TPSA) is 201 Å². The molecule has 41 heavy (non-hydrogen) atoms. The minimum atomic E-state index is -4.98. The fourth-order valence-electron chi connectivity index (χ4n) is 4.07. The summed E-state index contributed by atoms with van der Waals surface area (Å²) in [6.45, 7) is 1.31. The SMILES string of the molecule is COc1cc2sc(-[n+]3nc(-c4ccc(C)cc4S(=O)(=O)[O-])nn3-c3ccc(OC)c(S(=O)(=O)[O-])c3)nc2cc1CO. The number of fused-ring (bicyclic) bond motifs is 1. The summed E-state index contributed by atoms with van der Waals surface area (Å²) in [6.07, 6.45) is 0. The molecule has 0 saturated carbocycles. The minimum Gasteiger partial charge on any atom is -0.744 e. The van der Waals surface area contributed by atoms with Gasteiger partial charge in [-0.2, -0.15) is 0 Å². The Morgan fingerprint density at radius 1 is 0.951 bits per heavy atom. The number of tetrazole rings is 1. The second kappa shape index (κ2) is 10.4. The Kier molecular flexibility index (Phi) is 7.26. The van der Waals surface area contributed by atoms with Crippen LogP contribution in [0.4, 0.5) is 0 Å². The third-order valence-corrected chi connectivity index (χ3v) is 8.69. The molecule has 3 aromatic carbocycles. The minimum absolute atomic E-state index is 0.0329. The van der Waals surface area contributed by atoms with Crippen LogP contribution in [0.5, 0.6) is 11.5 Å². The highest BCUT2D eigenvalue weighted by atomic mass is 32.2. The first kappa shape index (κ1) is 28.5. The van der Waals surface area contributed by atoms with E-state index in [-0.39, 0.29) is 34.6 Å². The van der Waals surface area contributed by atoms with Crippen LogP contribution < -0.4 is 14.3 Å². The van der Waals surface area contributed by atoms with E-state index >= 15 is 0 Å². The summed E-state index contributed by atoms with van der Waals surface area (Å²) in [6, 6.07) is 11.1. The van der Waals surface area contributed by atoms with Gasteiger partial charge in [0.2, 0.25) is 0 Å². The van der Waals surface area contributed by atoms with Gasteiger partial charge in [0.25, 0.3) is 5.82 Å².